The number of ketones is 1. The number of thiophene rings is 1. The first kappa shape index (κ1) is 22.3. The maximum atomic E-state index is 14.8. The van der Waals surface area contributed by atoms with Crippen LogP contribution in [-0.2, 0) is 22.4 Å². The second kappa shape index (κ2) is 9.04. The van der Waals surface area contributed by atoms with Gasteiger partial charge in [-0.25, -0.2) is 4.39 Å². The van der Waals surface area contributed by atoms with Crippen LogP contribution in [0.5, 0.6) is 0 Å². The number of nitrogens with zero attached hydrogens (tertiary/aromatic N) is 2. The number of aryl methyl sites for hydroxylation is 1. The van der Waals surface area contributed by atoms with E-state index in [4.69, 9.17) is 11.6 Å². The van der Waals surface area contributed by atoms with Crippen LogP contribution in [-0.4, -0.2) is 11.7 Å². The summed E-state index contributed by atoms with van der Waals surface area (Å²) >= 11 is 7.87. The van der Waals surface area contributed by atoms with E-state index in [-0.39, 0.29) is 28.7 Å². The van der Waals surface area contributed by atoms with Gasteiger partial charge in [-0.2, -0.15) is 5.26 Å². The highest BCUT2D eigenvalue weighted by molar-refractivity contribution is 7.16. The quantitative estimate of drug-likeness (QED) is 0.484. The number of fused-ring (bicyclic) bond motifs is 1. The third-order valence-electron chi connectivity index (χ3n) is 6.99. The van der Waals surface area contributed by atoms with E-state index >= 15 is 0 Å². The molecule has 0 fully saturated rings. The summed E-state index contributed by atoms with van der Waals surface area (Å²) in [5.41, 5.74) is 2.95. The largest absolute Gasteiger partial charge is 0.294 e. The number of carbonyl (C=O) groups is 2. The predicted octanol–water partition coefficient (Wildman–Crippen LogP) is 6.60. The molecular weight excluding hydrogens is 459 g/mol. The van der Waals surface area contributed by atoms with Gasteiger partial charge in [0.2, 0.25) is 5.91 Å². The molecule has 2 aromatic rings. The van der Waals surface area contributed by atoms with Crippen molar-refractivity contribution in [3.05, 3.63) is 61.9 Å². The van der Waals surface area contributed by atoms with Gasteiger partial charge in [-0.3, -0.25) is 14.5 Å². The van der Waals surface area contributed by atoms with Crippen LogP contribution in [0, 0.1) is 17.1 Å². The molecule has 0 unspecified atom stereocenters. The van der Waals surface area contributed by atoms with Crippen molar-refractivity contribution in [3.8, 4) is 6.07 Å². The minimum Gasteiger partial charge on any atom is -0.294 e. The van der Waals surface area contributed by atoms with E-state index in [1.807, 2.05) is 0 Å². The van der Waals surface area contributed by atoms with Crippen molar-refractivity contribution < 1.29 is 14.0 Å². The van der Waals surface area contributed by atoms with Crippen molar-refractivity contribution in [2.75, 3.05) is 4.90 Å². The van der Waals surface area contributed by atoms with E-state index in [1.54, 1.807) is 11.0 Å². The van der Waals surface area contributed by atoms with E-state index in [9.17, 15) is 19.2 Å². The second-order valence-corrected chi connectivity index (χ2v) is 10.5. The van der Waals surface area contributed by atoms with Gasteiger partial charge < -0.3 is 0 Å². The molecule has 2 aliphatic carbocycles. The first-order valence-electron chi connectivity index (χ1n) is 11.6. The van der Waals surface area contributed by atoms with Gasteiger partial charge >= 0.3 is 0 Å². The number of benzene rings is 1. The van der Waals surface area contributed by atoms with Crippen LogP contribution >= 0.6 is 22.9 Å². The SMILES string of the molecule is N#Cc1c(N2C(=O)C[C@H](c3c(F)cccc3Cl)C3=C2CCCC3=O)sc2c1CCCCCC2. The van der Waals surface area contributed by atoms with Gasteiger partial charge in [0.1, 0.15) is 16.9 Å². The van der Waals surface area contributed by atoms with E-state index < -0.39 is 11.7 Å². The summed E-state index contributed by atoms with van der Waals surface area (Å²) in [6.45, 7) is 0. The Hall–Kier alpha value is -2.49. The molecule has 0 radical (unpaired) electrons. The van der Waals surface area contributed by atoms with Gasteiger partial charge in [0, 0.05) is 45.5 Å². The molecule has 1 aliphatic heterocycles. The highest BCUT2D eigenvalue weighted by Gasteiger charge is 2.42. The van der Waals surface area contributed by atoms with Crippen molar-refractivity contribution in [2.45, 2.75) is 70.1 Å². The predicted molar refractivity (Wildman–Crippen MR) is 127 cm³/mol. The minimum atomic E-state index is -0.697. The van der Waals surface area contributed by atoms with Crippen LogP contribution in [0.1, 0.15) is 78.9 Å². The summed E-state index contributed by atoms with van der Waals surface area (Å²) in [5.74, 6) is -1.47. The number of hydrogen-bond acceptors (Lipinski definition) is 4. The smallest absolute Gasteiger partial charge is 0.232 e. The van der Waals surface area contributed by atoms with Crippen LogP contribution in [0.3, 0.4) is 0 Å². The third kappa shape index (κ3) is 3.82. The standard InChI is InChI=1S/C26H24ClFN2O2S/c27-18-8-5-9-19(28)24(18)16-13-23(32)30(20-10-6-11-21(31)25(16)20)26-17(14-29)15-7-3-1-2-4-12-22(15)33-26/h5,8-9,16H,1-4,6-7,10-13H2/t16-/m1/s1. The molecule has 4 nitrogen and oxygen atoms in total. The van der Waals surface area contributed by atoms with Crippen molar-refractivity contribution >= 4 is 39.6 Å². The maximum Gasteiger partial charge on any atom is 0.232 e. The number of nitriles is 1. The molecule has 0 saturated carbocycles. The Kier molecular flexibility index (Phi) is 6.11. The Bertz CT molecular complexity index is 1210. The number of allylic oxidation sites excluding steroid dienone is 2. The number of halogens is 2. The Balaban J connectivity index is 1.68. The summed E-state index contributed by atoms with van der Waals surface area (Å²) < 4.78 is 14.8. The molecule has 0 bridgehead atoms. The van der Waals surface area contributed by atoms with Crippen LogP contribution in [0.15, 0.2) is 29.5 Å². The lowest BCUT2D eigenvalue weighted by Crippen LogP contribution is -2.40. The van der Waals surface area contributed by atoms with Gasteiger partial charge in [0.15, 0.2) is 5.78 Å². The lowest BCUT2D eigenvalue weighted by atomic mass is 9.77. The zero-order valence-electron chi connectivity index (χ0n) is 18.3. The molecule has 3 aliphatic rings. The molecule has 1 aromatic heterocycles. The molecule has 1 aromatic carbocycles. The highest BCUT2D eigenvalue weighted by Crippen LogP contribution is 2.49. The third-order valence-corrected chi connectivity index (χ3v) is 8.60. The molecular formula is C26H24ClFN2O2S. The average Bonchev–Trinajstić information content (AvgIpc) is 3.09. The molecule has 1 atom stereocenters. The fourth-order valence-electron chi connectivity index (χ4n) is 5.50. The molecule has 170 valence electrons. The minimum absolute atomic E-state index is 0.0430. The lowest BCUT2D eigenvalue weighted by Gasteiger charge is -2.38. The molecule has 7 heteroatoms. The molecule has 33 heavy (non-hydrogen) atoms. The average molecular weight is 483 g/mol. The second-order valence-electron chi connectivity index (χ2n) is 8.97. The first-order valence-corrected chi connectivity index (χ1v) is 12.8. The van der Waals surface area contributed by atoms with Crippen molar-refractivity contribution in [2.24, 2.45) is 0 Å². The molecule has 0 saturated heterocycles. The Labute approximate surface area is 201 Å². The fraction of sp³-hybridized carbons (Fsp3) is 0.423. The number of amides is 1. The number of Topliss-reactive ketones (excluding diaryl/α,β-unsaturated/α-hetero) is 1. The normalized spacial score (nSPS) is 21.2. The fourth-order valence-corrected chi connectivity index (χ4v) is 7.17. The molecule has 0 spiro atoms. The molecule has 1 amide bonds. The van der Waals surface area contributed by atoms with Crippen LogP contribution in [0.25, 0.3) is 0 Å². The van der Waals surface area contributed by atoms with Crippen molar-refractivity contribution in [1.82, 2.24) is 0 Å². The summed E-state index contributed by atoms with van der Waals surface area (Å²) in [6.07, 6.45) is 7.68. The van der Waals surface area contributed by atoms with Gasteiger partial charge in [0.05, 0.1) is 5.56 Å². The highest BCUT2D eigenvalue weighted by atomic mass is 35.5. The van der Waals surface area contributed by atoms with E-state index in [0.29, 0.717) is 41.1 Å². The zero-order chi connectivity index (χ0) is 23.1. The van der Waals surface area contributed by atoms with Crippen LogP contribution < -0.4 is 4.90 Å². The molecule has 0 N–H and O–H groups in total. The zero-order valence-corrected chi connectivity index (χ0v) is 19.8. The first-order chi connectivity index (χ1) is 16.0. The lowest BCUT2D eigenvalue weighted by molar-refractivity contribution is -0.119. The monoisotopic (exact) mass is 482 g/mol. The van der Waals surface area contributed by atoms with Gasteiger partial charge in [-0.05, 0) is 56.2 Å². The van der Waals surface area contributed by atoms with Crippen LogP contribution in [0.4, 0.5) is 9.39 Å². The summed E-state index contributed by atoms with van der Waals surface area (Å²) in [5, 5.41) is 10.9. The topological polar surface area (TPSA) is 61.2 Å². The van der Waals surface area contributed by atoms with E-state index in [2.05, 4.69) is 6.07 Å². The maximum absolute atomic E-state index is 14.8. The van der Waals surface area contributed by atoms with E-state index in [0.717, 1.165) is 37.7 Å². The summed E-state index contributed by atoms with van der Waals surface area (Å²) in [6, 6.07) is 6.80. The van der Waals surface area contributed by atoms with Gasteiger partial charge in [0.25, 0.3) is 0 Å². The van der Waals surface area contributed by atoms with Gasteiger partial charge in [-0.15, -0.1) is 11.3 Å². The number of carbonyl (C=O) groups excluding carboxylic acids is 2. The molecule has 5 rings (SSSR count). The number of rotatable bonds is 2. The van der Waals surface area contributed by atoms with Gasteiger partial charge in [-0.1, -0.05) is 30.5 Å². The van der Waals surface area contributed by atoms with Crippen molar-refractivity contribution in [1.29, 1.82) is 5.26 Å². The van der Waals surface area contributed by atoms with Crippen LogP contribution in [0.2, 0.25) is 5.02 Å². The van der Waals surface area contributed by atoms with E-state index in [1.165, 1.54) is 34.8 Å². The Morgan fingerprint density at radius 2 is 1.85 bits per heavy atom. The Morgan fingerprint density at radius 1 is 1.06 bits per heavy atom. The summed E-state index contributed by atoms with van der Waals surface area (Å²) in [4.78, 5) is 29.5. The number of anilines is 1. The Morgan fingerprint density at radius 3 is 2.61 bits per heavy atom. The molecule has 2 heterocycles. The summed E-state index contributed by atoms with van der Waals surface area (Å²) in [7, 11) is 0. The van der Waals surface area contributed by atoms with Crippen molar-refractivity contribution in [3.63, 3.8) is 0 Å². The number of hydrogen-bond donors (Lipinski definition) is 0.